The average Bonchev–Trinajstić information content (AvgIpc) is 3.10. The van der Waals surface area contributed by atoms with E-state index in [4.69, 9.17) is 4.74 Å². The van der Waals surface area contributed by atoms with Crippen molar-refractivity contribution in [3.63, 3.8) is 0 Å². The monoisotopic (exact) mass is 372 g/mol. The summed E-state index contributed by atoms with van der Waals surface area (Å²) >= 11 is 0. The van der Waals surface area contributed by atoms with Crippen LogP contribution in [0.25, 0.3) is 0 Å². The first-order chi connectivity index (χ1) is 13.1. The highest BCUT2D eigenvalue weighted by molar-refractivity contribution is 5.85. The number of benzene rings is 1. The van der Waals surface area contributed by atoms with Gasteiger partial charge in [-0.3, -0.25) is 20.2 Å². The minimum Gasteiger partial charge on any atom is -0.482 e. The molecule has 7 nitrogen and oxygen atoms in total. The molecule has 1 aromatic carbocycles. The van der Waals surface area contributed by atoms with Gasteiger partial charge < -0.3 is 14.6 Å². The molecule has 0 aliphatic carbocycles. The number of nitrogens with zero attached hydrogens (tertiary/aromatic N) is 1. The van der Waals surface area contributed by atoms with E-state index in [2.05, 4.69) is 16.0 Å². The van der Waals surface area contributed by atoms with E-state index in [0.717, 1.165) is 11.3 Å². The van der Waals surface area contributed by atoms with Crippen LogP contribution in [0.5, 0.6) is 5.75 Å². The molecule has 0 bridgehead atoms. The Morgan fingerprint density at radius 1 is 1.30 bits per heavy atom. The molecule has 2 aliphatic rings. The minimum absolute atomic E-state index is 0.113. The maximum atomic E-state index is 12.9. The molecule has 2 unspecified atom stereocenters. The number of halogens is 1. The highest BCUT2D eigenvalue weighted by Crippen LogP contribution is 2.27. The summed E-state index contributed by atoms with van der Waals surface area (Å²) < 4.78 is 20.5. The Labute approximate surface area is 155 Å². The molecule has 1 fully saturated rings. The van der Waals surface area contributed by atoms with Gasteiger partial charge in [0.1, 0.15) is 23.8 Å². The van der Waals surface area contributed by atoms with Crippen molar-refractivity contribution in [3.8, 4) is 5.75 Å². The van der Waals surface area contributed by atoms with Crippen LogP contribution in [0.1, 0.15) is 23.8 Å². The molecule has 2 atom stereocenters. The smallest absolute Gasteiger partial charge is 0.258 e. The number of carbonyl (C=O) groups excluding carboxylic acids is 2. The van der Waals surface area contributed by atoms with Crippen molar-refractivity contribution < 1.29 is 18.7 Å². The van der Waals surface area contributed by atoms with Gasteiger partial charge >= 0.3 is 0 Å². The maximum absolute atomic E-state index is 12.9. The predicted octanol–water partition coefficient (Wildman–Crippen LogP) is 0.855. The molecular weight excluding hydrogens is 351 g/mol. The molecule has 142 valence electrons. The second-order valence-corrected chi connectivity index (χ2v) is 6.74. The van der Waals surface area contributed by atoms with Gasteiger partial charge in [-0.1, -0.05) is 12.1 Å². The van der Waals surface area contributed by atoms with Crippen molar-refractivity contribution >= 4 is 11.7 Å². The van der Waals surface area contributed by atoms with Crippen molar-refractivity contribution in [1.82, 2.24) is 20.5 Å². The summed E-state index contributed by atoms with van der Waals surface area (Å²) in [6.07, 6.45) is 2.23. The molecule has 2 aromatic rings. The molecule has 0 saturated carbocycles. The lowest BCUT2D eigenvalue weighted by atomic mass is 10.0. The number of hydrogen-bond acceptors (Lipinski definition) is 5. The van der Waals surface area contributed by atoms with E-state index in [9.17, 15) is 14.0 Å². The average molecular weight is 372 g/mol. The third-order valence-electron chi connectivity index (χ3n) is 4.87. The lowest BCUT2D eigenvalue weighted by Gasteiger charge is -2.37. The SMILES string of the molecule is O=C(COc1cc2n(c1)C1NCCC(=O)C1NC2)NCc1ccc(F)cc1. The Morgan fingerprint density at radius 2 is 2.11 bits per heavy atom. The highest BCUT2D eigenvalue weighted by Gasteiger charge is 2.36. The number of hydrogen-bond donors (Lipinski definition) is 3. The highest BCUT2D eigenvalue weighted by atomic mass is 19.1. The van der Waals surface area contributed by atoms with Gasteiger partial charge in [0.2, 0.25) is 0 Å². The Morgan fingerprint density at radius 3 is 2.93 bits per heavy atom. The summed E-state index contributed by atoms with van der Waals surface area (Å²) in [5.74, 6) is 0.229. The standard InChI is InChI=1S/C19H21FN4O3/c20-13-3-1-12(2-4-13)8-22-17(26)11-27-15-7-14-9-23-18-16(25)5-6-21-19(18)24(14)10-15/h1-4,7,10,18-19,21,23H,5-6,8-9,11H2,(H,22,26). The molecule has 1 saturated heterocycles. The van der Waals surface area contributed by atoms with E-state index in [-0.39, 0.29) is 36.3 Å². The van der Waals surface area contributed by atoms with Crippen molar-refractivity contribution in [2.24, 2.45) is 0 Å². The van der Waals surface area contributed by atoms with E-state index in [1.165, 1.54) is 12.1 Å². The summed E-state index contributed by atoms with van der Waals surface area (Å²) in [6, 6.07) is 7.60. The van der Waals surface area contributed by atoms with E-state index >= 15 is 0 Å². The Kier molecular flexibility index (Phi) is 4.91. The number of Topliss-reactive ketones (excluding diaryl/α,β-unsaturated/α-hetero) is 1. The zero-order valence-corrected chi connectivity index (χ0v) is 14.7. The van der Waals surface area contributed by atoms with Crippen LogP contribution >= 0.6 is 0 Å². The van der Waals surface area contributed by atoms with Crippen molar-refractivity contribution in [2.45, 2.75) is 31.7 Å². The quantitative estimate of drug-likeness (QED) is 0.725. The molecule has 4 rings (SSSR count). The van der Waals surface area contributed by atoms with Gasteiger partial charge in [0.15, 0.2) is 12.4 Å². The fourth-order valence-electron chi connectivity index (χ4n) is 3.47. The topological polar surface area (TPSA) is 84.4 Å². The molecular formula is C19H21FN4O3. The van der Waals surface area contributed by atoms with Gasteiger partial charge in [-0.15, -0.1) is 0 Å². The first-order valence-electron chi connectivity index (χ1n) is 8.94. The summed E-state index contributed by atoms with van der Waals surface area (Å²) in [7, 11) is 0. The number of nitrogens with one attached hydrogen (secondary N) is 3. The Balaban J connectivity index is 1.32. The second kappa shape index (κ2) is 7.50. The summed E-state index contributed by atoms with van der Waals surface area (Å²) in [5, 5.41) is 9.34. The van der Waals surface area contributed by atoms with E-state index in [1.54, 1.807) is 12.1 Å². The number of rotatable bonds is 5. The van der Waals surface area contributed by atoms with Crippen LogP contribution in [0.4, 0.5) is 4.39 Å². The summed E-state index contributed by atoms with van der Waals surface area (Å²) in [4.78, 5) is 24.0. The molecule has 0 spiro atoms. The molecule has 1 aromatic heterocycles. The zero-order valence-electron chi connectivity index (χ0n) is 14.7. The molecule has 0 radical (unpaired) electrons. The van der Waals surface area contributed by atoms with Crippen LogP contribution in [0.15, 0.2) is 36.5 Å². The normalized spacial score (nSPS) is 21.3. The summed E-state index contributed by atoms with van der Waals surface area (Å²) in [6.45, 7) is 1.43. The third kappa shape index (κ3) is 3.86. The number of ketones is 1. The van der Waals surface area contributed by atoms with Crippen LogP contribution in [0, 0.1) is 5.82 Å². The van der Waals surface area contributed by atoms with Crippen molar-refractivity contribution in [1.29, 1.82) is 0 Å². The van der Waals surface area contributed by atoms with E-state index < -0.39 is 0 Å². The van der Waals surface area contributed by atoms with Crippen LogP contribution in [0.2, 0.25) is 0 Å². The minimum atomic E-state index is -0.308. The van der Waals surface area contributed by atoms with Crippen LogP contribution in [-0.4, -0.2) is 35.5 Å². The van der Waals surface area contributed by atoms with Gasteiger partial charge in [-0.05, 0) is 17.7 Å². The number of carbonyl (C=O) groups is 2. The predicted molar refractivity (Wildman–Crippen MR) is 95.5 cm³/mol. The molecule has 3 N–H and O–H groups in total. The molecule has 1 amide bonds. The zero-order chi connectivity index (χ0) is 18.8. The number of amides is 1. The molecule has 3 heterocycles. The van der Waals surface area contributed by atoms with Gasteiger partial charge in [-0.2, -0.15) is 0 Å². The molecule has 27 heavy (non-hydrogen) atoms. The first-order valence-corrected chi connectivity index (χ1v) is 8.94. The lowest BCUT2D eigenvalue weighted by molar-refractivity contribution is -0.124. The fourth-order valence-corrected chi connectivity index (χ4v) is 3.47. The van der Waals surface area contributed by atoms with Crippen LogP contribution in [0.3, 0.4) is 0 Å². The maximum Gasteiger partial charge on any atom is 0.258 e. The number of ether oxygens (including phenoxy) is 1. The fraction of sp³-hybridized carbons (Fsp3) is 0.368. The van der Waals surface area contributed by atoms with Crippen LogP contribution < -0.4 is 20.7 Å². The first kappa shape index (κ1) is 17.7. The van der Waals surface area contributed by atoms with Crippen LogP contribution in [-0.2, 0) is 22.7 Å². The number of aromatic nitrogens is 1. The Hall–Kier alpha value is -2.71. The molecule has 2 aliphatic heterocycles. The van der Waals surface area contributed by atoms with E-state index in [1.807, 2.05) is 16.8 Å². The van der Waals surface area contributed by atoms with Crippen molar-refractivity contribution in [3.05, 3.63) is 53.6 Å². The lowest BCUT2D eigenvalue weighted by Crippen LogP contribution is -2.56. The second-order valence-electron chi connectivity index (χ2n) is 6.74. The van der Waals surface area contributed by atoms with Gasteiger partial charge in [0.05, 0.1) is 0 Å². The van der Waals surface area contributed by atoms with Gasteiger partial charge in [0, 0.05) is 44.0 Å². The number of piperidine rings is 1. The Bertz CT molecular complexity index is 849. The largest absolute Gasteiger partial charge is 0.482 e. The third-order valence-corrected chi connectivity index (χ3v) is 4.87. The molecule has 8 heteroatoms. The van der Waals surface area contributed by atoms with E-state index in [0.29, 0.717) is 31.8 Å². The van der Waals surface area contributed by atoms with Gasteiger partial charge in [-0.25, -0.2) is 4.39 Å². The van der Waals surface area contributed by atoms with Crippen molar-refractivity contribution in [2.75, 3.05) is 13.2 Å². The summed E-state index contributed by atoms with van der Waals surface area (Å²) in [5.41, 5.74) is 1.81. The number of fused-ring (bicyclic) bond motifs is 3. The van der Waals surface area contributed by atoms with Gasteiger partial charge in [0.25, 0.3) is 5.91 Å².